The molecule has 0 saturated heterocycles. The van der Waals surface area contributed by atoms with E-state index in [9.17, 15) is 9.59 Å². The van der Waals surface area contributed by atoms with E-state index in [-0.39, 0.29) is 23.6 Å². The Hall–Kier alpha value is -2.82. The summed E-state index contributed by atoms with van der Waals surface area (Å²) in [4.78, 5) is 25.5. The predicted octanol–water partition coefficient (Wildman–Crippen LogP) is 3.66. The lowest BCUT2D eigenvalue weighted by Crippen LogP contribution is -2.42. The largest absolute Gasteiger partial charge is 0.465 e. The van der Waals surface area contributed by atoms with E-state index in [1.807, 2.05) is 19.1 Å². The Bertz CT molecular complexity index is 852. The monoisotopic (exact) mass is 364 g/mol. The van der Waals surface area contributed by atoms with Crippen molar-refractivity contribution < 1.29 is 14.0 Å². The van der Waals surface area contributed by atoms with Crippen LogP contribution in [-0.2, 0) is 4.79 Å². The van der Waals surface area contributed by atoms with Crippen LogP contribution in [0.2, 0.25) is 0 Å². The van der Waals surface area contributed by atoms with Crippen molar-refractivity contribution in [2.24, 2.45) is 11.8 Å². The van der Waals surface area contributed by atoms with Gasteiger partial charge in [0, 0.05) is 17.7 Å². The molecule has 0 unspecified atom stereocenters. The molecule has 5 heteroatoms. The van der Waals surface area contributed by atoms with Crippen LogP contribution in [0.15, 0.2) is 52.8 Å². The summed E-state index contributed by atoms with van der Waals surface area (Å²) in [6.45, 7) is 1.96. The van der Waals surface area contributed by atoms with E-state index < -0.39 is 0 Å². The topological polar surface area (TPSA) is 71.3 Å². The quantitative estimate of drug-likeness (QED) is 0.796. The lowest BCUT2D eigenvalue weighted by molar-refractivity contribution is -0.118. The molecule has 1 aromatic carbocycles. The second-order valence-electron chi connectivity index (χ2n) is 7.65. The molecule has 2 bridgehead atoms. The maximum atomic E-state index is 12.9. The van der Waals surface area contributed by atoms with Gasteiger partial charge in [0.15, 0.2) is 0 Å². The molecular weight excluding hydrogens is 340 g/mol. The average Bonchev–Trinajstić information content (AvgIpc) is 3.40. The van der Waals surface area contributed by atoms with E-state index in [1.54, 1.807) is 36.6 Å². The zero-order valence-corrected chi connectivity index (χ0v) is 15.4. The second kappa shape index (κ2) is 7.43. The van der Waals surface area contributed by atoms with Crippen LogP contribution in [0.3, 0.4) is 0 Å². The van der Waals surface area contributed by atoms with Gasteiger partial charge in [-0.05, 0) is 62.3 Å². The van der Waals surface area contributed by atoms with Gasteiger partial charge in [-0.3, -0.25) is 9.59 Å². The van der Waals surface area contributed by atoms with Crippen LogP contribution in [0.1, 0.15) is 47.4 Å². The molecule has 5 nitrogen and oxygen atoms in total. The first kappa shape index (κ1) is 17.6. The number of carbonyl (C=O) groups excluding carboxylic acids is 2. The van der Waals surface area contributed by atoms with Gasteiger partial charge in [-0.25, -0.2) is 0 Å². The molecule has 140 valence electrons. The zero-order chi connectivity index (χ0) is 18.8. The van der Waals surface area contributed by atoms with Crippen LogP contribution in [0.4, 0.5) is 0 Å². The third kappa shape index (κ3) is 3.97. The molecule has 2 saturated carbocycles. The highest BCUT2D eigenvalue weighted by atomic mass is 16.3. The smallest absolute Gasteiger partial charge is 0.268 e. The van der Waals surface area contributed by atoms with E-state index in [1.165, 1.54) is 19.3 Å². The highest BCUT2D eigenvalue weighted by molar-refractivity contribution is 6.05. The van der Waals surface area contributed by atoms with Crippen molar-refractivity contribution in [3.63, 3.8) is 0 Å². The summed E-state index contributed by atoms with van der Waals surface area (Å²) < 4.78 is 5.33. The Morgan fingerprint density at radius 1 is 1.11 bits per heavy atom. The third-order valence-corrected chi connectivity index (χ3v) is 5.69. The predicted molar refractivity (Wildman–Crippen MR) is 103 cm³/mol. The molecule has 2 aromatic rings. The van der Waals surface area contributed by atoms with Gasteiger partial charge in [-0.1, -0.05) is 24.1 Å². The Kier molecular flexibility index (Phi) is 4.84. The van der Waals surface area contributed by atoms with Crippen molar-refractivity contribution in [3.05, 3.63) is 65.2 Å². The molecule has 1 aromatic heterocycles. The number of hydrogen-bond donors (Lipinski definition) is 2. The molecule has 2 N–H and O–H groups in total. The number of aryl methyl sites for hydroxylation is 1. The first-order chi connectivity index (χ1) is 13.1. The maximum absolute atomic E-state index is 12.9. The van der Waals surface area contributed by atoms with E-state index in [0.29, 0.717) is 17.2 Å². The molecule has 2 fully saturated rings. The lowest BCUT2D eigenvalue weighted by Gasteiger charge is -2.23. The lowest BCUT2D eigenvalue weighted by atomic mass is 9.95. The second-order valence-corrected chi connectivity index (χ2v) is 7.65. The zero-order valence-electron chi connectivity index (χ0n) is 15.4. The molecule has 2 amide bonds. The molecule has 0 aliphatic heterocycles. The minimum atomic E-state index is -0.309. The van der Waals surface area contributed by atoms with Crippen LogP contribution >= 0.6 is 0 Å². The van der Waals surface area contributed by atoms with E-state index in [2.05, 4.69) is 10.6 Å². The summed E-state index contributed by atoms with van der Waals surface area (Å²) >= 11 is 0. The van der Waals surface area contributed by atoms with Crippen LogP contribution in [-0.4, -0.2) is 17.9 Å². The number of rotatable bonds is 5. The highest BCUT2D eigenvalue weighted by Gasteiger charge is 2.40. The van der Waals surface area contributed by atoms with Gasteiger partial charge in [-0.15, -0.1) is 0 Å². The molecule has 3 atom stereocenters. The SMILES string of the molecule is Cc1ccc(C(=O)N/C(=C\c2ccco2)C(=O)N[C@@H]2C[C@@H]3CC[C@@H]2C3)cc1. The van der Waals surface area contributed by atoms with Crippen molar-refractivity contribution in [1.82, 2.24) is 10.6 Å². The van der Waals surface area contributed by atoms with Gasteiger partial charge in [0.05, 0.1) is 6.26 Å². The van der Waals surface area contributed by atoms with Crippen molar-refractivity contribution >= 4 is 17.9 Å². The highest BCUT2D eigenvalue weighted by Crippen LogP contribution is 2.44. The molecular formula is C22H24N2O3. The van der Waals surface area contributed by atoms with E-state index in [0.717, 1.165) is 17.9 Å². The summed E-state index contributed by atoms with van der Waals surface area (Å²) in [5, 5.41) is 5.88. The van der Waals surface area contributed by atoms with Gasteiger partial charge < -0.3 is 15.1 Å². The van der Waals surface area contributed by atoms with E-state index in [4.69, 9.17) is 4.42 Å². The summed E-state index contributed by atoms with van der Waals surface area (Å²) in [5.74, 6) is 1.26. The van der Waals surface area contributed by atoms with Crippen molar-refractivity contribution in [1.29, 1.82) is 0 Å². The van der Waals surface area contributed by atoms with Crippen molar-refractivity contribution in [2.75, 3.05) is 0 Å². The number of nitrogens with one attached hydrogen (secondary N) is 2. The molecule has 1 heterocycles. The Morgan fingerprint density at radius 3 is 2.56 bits per heavy atom. The van der Waals surface area contributed by atoms with Gasteiger partial charge in [0.25, 0.3) is 11.8 Å². The number of amides is 2. The minimum Gasteiger partial charge on any atom is -0.465 e. The van der Waals surface area contributed by atoms with Crippen LogP contribution < -0.4 is 10.6 Å². The standard InChI is InChI=1S/C22H24N2O3/c1-14-4-7-16(8-5-14)21(25)24-20(13-18-3-2-10-27-18)22(26)23-19-12-15-6-9-17(19)11-15/h2-5,7-8,10,13,15,17,19H,6,9,11-12H2,1H3,(H,23,26)(H,24,25)/b20-13-/t15-,17-,19-/m1/s1. The summed E-state index contributed by atoms with van der Waals surface area (Å²) in [7, 11) is 0. The van der Waals surface area contributed by atoms with Gasteiger partial charge in [0.2, 0.25) is 0 Å². The molecule has 0 radical (unpaired) electrons. The van der Waals surface area contributed by atoms with Crippen molar-refractivity contribution in [3.8, 4) is 0 Å². The van der Waals surface area contributed by atoms with Crippen LogP contribution in [0, 0.1) is 18.8 Å². The summed E-state index contributed by atoms with van der Waals surface area (Å²) in [6.07, 6.45) is 7.82. The van der Waals surface area contributed by atoms with Crippen LogP contribution in [0.5, 0.6) is 0 Å². The Balaban J connectivity index is 1.51. The van der Waals surface area contributed by atoms with Gasteiger partial charge >= 0.3 is 0 Å². The van der Waals surface area contributed by atoms with E-state index >= 15 is 0 Å². The number of fused-ring (bicyclic) bond motifs is 2. The molecule has 27 heavy (non-hydrogen) atoms. The minimum absolute atomic E-state index is 0.201. The number of benzene rings is 1. The third-order valence-electron chi connectivity index (χ3n) is 5.69. The molecule has 2 aliphatic carbocycles. The number of furan rings is 1. The Labute approximate surface area is 158 Å². The number of hydrogen-bond acceptors (Lipinski definition) is 3. The fourth-order valence-electron chi connectivity index (χ4n) is 4.24. The van der Waals surface area contributed by atoms with Crippen molar-refractivity contribution in [2.45, 2.75) is 38.6 Å². The number of carbonyl (C=O) groups is 2. The van der Waals surface area contributed by atoms with Crippen LogP contribution in [0.25, 0.3) is 6.08 Å². The summed E-state index contributed by atoms with van der Waals surface area (Å²) in [6, 6.07) is 11.0. The fourth-order valence-corrected chi connectivity index (χ4v) is 4.24. The summed E-state index contributed by atoms with van der Waals surface area (Å²) in [5.41, 5.74) is 1.80. The van der Waals surface area contributed by atoms with Gasteiger partial charge in [-0.2, -0.15) is 0 Å². The fraction of sp³-hybridized carbons (Fsp3) is 0.364. The molecule has 2 aliphatic rings. The average molecular weight is 364 g/mol. The van der Waals surface area contributed by atoms with Gasteiger partial charge in [0.1, 0.15) is 11.5 Å². The maximum Gasteiger partial charge on any atom is 0.268 e. The first-order valence-corrected chi connectivity index (χ1v) is 9.52. The Morgan fingerprint density at radius 2 is 1.93 bits per heavy atom. The molecule has 4 rings (SSSR count). The normalized spacial score (nSPS) is 24.0. The molecule has 0 spiro atoms. The first-order valence-electron chi connectivity index (χ1n) is 9.52.